The van der Waals surface area contributed by atoms with E-state index in [1.54, 1.807) is 0 Å². The van der Waals surface area contributed by atoms with Gasteiger partial charge in [0.05, 0.1) is 7.11 Å². The minimum absolute atomic E-state index is 0.148. The summed E-state index contributed by atoms with van der Waals surface area (Å²) in [6.07, 6.45) is 0.771. The first-order chi connectivity index (χ1) is 8.22. The molecule has 0 spiro atoms. The first kappa shape index (κ1) is 13.7. The van der Waals surface area contributed by atoms with Gasteiger partial charge in [0.2, 0.25) is 0 Å². The van der Waals surface area contributed by atoms with Gasteiger partial charge in [0, 0.05) is 6.54 Å². The lowest BCUT2D eigenvalue weighted by Crippen LogP contribution is -2.40. The molecule has 3 heteroatoms. The third-order valence-electron chi connectivity index (χ3n) is 2.94. The predicted octanol–water partition coefficient (Wildman–Crippen LogP) is 2.46. The highest BCUT2D eigenvalue weighted by atomic mass is 16.5. The van der Waals surface area contributed by atoms with Crippen molar-refractivity contribution in [2.45, 2.75) is 32.9 Å². The van der Waals surface area contributed by atoms with Gasteiger partial charge in [0.25, 0.3) is 0 Å². The first-order valence-corrected chi connectivity index (χ1v) is 6.08. The van der Waals surface area contributed by atoms with Gasteiger partial charge in [-0.15, -0.1) is 0 Å². The molecule has 0 heterocycles. The summed E-state index contributed by atoms with van der Waals surface area (Å²) in [7, 11) is 1.45. The van der Waals surface area contributed by atoms with E-state index in [-0.39, 0.29) is 12.0 Å². The summed E-state index contributed by atoms with van der Waals surface area (Å²) >= 11 is 0. The molecule has 94 valence electrons. The van der Waals surface area contributed by atoms with Crippen LogP contribution in [0.3, 0.4) is 0 Å². The average Bonchev–Trinajstić information content (AvgIpc) is 2.39. The fourth-order valence-electron chi connectivity index (χ4n) is 1.97. The Balaban J connectivity index is 2.73. The number of methoxy groups -OCH3 is 1. The van der Waals surface area contributed by atoms with Gasteiger partial charge in [-0.1, -0.05) is 44.2 Å². The molecule has 0 unspecified atom stereocenters. The maximum Gasteiger partial charge on any atom is 0.323 e. The van der Waals surface area contributed by atoms with Gasteiger partial charge in [0.15, 0.2) is 0 Å². The molecule has 0 fully saturated rings. The second-order valence-corrected chi connectivity index (χ2v) is 4.00. The molecule has 0 aliphatic heterocycles. The molecule has 0 aliphatic carbocycles. The molecule has 0 amide bonds. The zero-order valence-electron chi connectivity index (χ0n) is 10.8. The largest absolute Gasteiger partial charge is 0.468 e. The molecule has 1 atom stereocenters. The van der Waals surface area contributed by atoms with Gasteiger partial charge in [-0.3, -0.25) is 9.69 Å². The number of nitrogens with zero attached hydrogens (tertiary/aromatic N) is 1. The van der Waals surface area contributed by atoms with Gasteiger partial charge in [-0.25, -0.2) is 0 Å². The average molecular weight is 235 g/mol. The Hall–Kier alpha value is -1.35. The molecule has 0 N–H and O–H groups in total. The highest BCUT2D eigenvalue weighted by Gasteiger charge is 2.23. The predicted molar refractivity (Wildman–Crippen MR) is 68.6 cm³/mol. The summed E-state index contributed by atoms with van der Waals surface area (Å²) in [5.74, 6) is -0.148. The van der Waals surface area contributed by atoms with Crippen LogP contribution in [0.1, 0.15) is 25.8 Å². The third-order valence-corrected chi connectivity index (χ3v) is 2.94. The number of rotatable bonds is 6. The quantitative estimate of drug-likeness (QED) is 0.709. The molecule has 1 aromatic rings. The summed E-state index contributed by atoms with van der Waals surface area (Å²) < 4.78 is 4.84. The Bertz CT molecular complexity index is 337. The van der Waals surface area contributed by atoms with E-state index in [1.807, 2.05) is 25.1 Å². The van der Waals surface area contributed by atoms with Crippen molar-refractivity contribution in [3.05, 3.63) is 35.9 Å². The van der Waals surface area contributed by atoms with Crippen LogP contribution in [0.5, 0.6) is 0 Å². The van der Waals surface area contributed by atoms with Crippen molar-refractivity contribution in [3.8, 4) is 0 Å². The maximum atomic E-state index is 11.7. The lowest BCUT2D eigenvalue weighted by Gasteiger charge is -2.27. The van der Waals surface area contributed by atoms with Crippen LogP contribution < -0.4 is 0 Å². The lowest BCUT2D eigenvalue weighted by molar-refractivity contribution is -0.147. The zero-order chi connectivity index (χ0) is 12.7. The zero-order valence-corrected chi connectivity index (χ0v) is 10.8. The van der Waals surface area contributed by atoms with Gasteiger partial charge in [-0.05, 0) is 18.5 Å². The van der Waals surface area contributed by atoms with Crippen LogP contribution in [0.25, 0.3) is 0 Å². The van der Waals surface area contributed by atoms with Crippen LogP contribution in [0.2, 0.25) is 0 Å². The Morgan fingerprint density at radius 2 is 1.94 bits per heavy atom. The minimum Gasteiger partial charge on any atom is -0.468 e. The van der Waals surface area contributed by atoms with E-state index >= 15 is 0 Å². The minimum atomic E-state index is -0.148. The second-order valence-electron chi connectivity index (χ2n) is 4.00. The smallest absolute Gasteiger partial charge is 0.323 e. The van der Waals surface area contributed by atoms with Crippen molar-refractivity contribution in [1.29, 1.82) is 0 Å². The maximum absolute atomic E-state index is 11.7. The Labute approximate surface area is 103 Å². The Morgan fingerprint density at radius 3 is 2.41 bits per heavy atom. The Kier molecular flexibility index (Phi) is 5.70. The second kappa shape index (κ2) is 7.07. The molecule has 0 saturated carbocycles. The fraction of sp³-hybridized carbons (Fsp3) is 0.500. The highest BCUT2D eigenvalue weighted by molar-refractivity contribution is 5.75. The van der Waals surface area contributed by atoms with Crippen molar-refractivity contribution in [2.24, 2.45) is 0 Å². The van der Waals surface area contributed by atoms with E-state index in [2.05, 4.69) is 24.0 Å². The molecule has 1 aromatic carbocycles. The van der Waals surface area contributed by atoms with E-state index in [4.69, 9.17) is 4.74 Å². The number of hydrogen-bond acceptors (Lipinski definition) is 3. The van der Waals surface area contributed by atoms with Crippen LogP contribution in [0.15, 0.2) is 30.3 Å². The van der Waals surface area contributed by atoms with Crippen LogP contribution >= 0.6 is 0 Å². The van der Waals surface area contributed by atoms with Crippen molar-refractivity contribution in [1.82, 2.24) is 4.90 Å². The summed E-state index contributed by atoms with van der Waals surface area (Å²) in [6, 6.07) is 10.0. The molecule has 1 rings (SSSR count). The number of ether oxygens (including phenoxy) is 1. The summed E-state index contributed by atoms with van der Waals surface area (Å²) in [6.45, 7) is 5.69. The van der Waals surface area contributed by atoms with E-state index in [1.165, 1.54) is 12.7 Å². The molecular formula is C14H21NO2. The SMILES string of the molecule is CC[C@H](C(=O)OC)N(CC)Cc1ccccc1. The summed E-state index contributed by atoms with van der Waals surface area (Å²) in [5, 5.41) is 0. The molecular weight excluding hydrogens is 214 g/mol. The van der Waals surface area contributed by atoms with E-state index in [0.717, 1.165) is 19.5 Å². The van der Waals surface area contributed by atoms with Crippen molar-refractivity contribution < 1.29 is 9.53 Å². The number of carbonyl (C=O) groups excluding carboxylic acids is 1. The third kappa shape index (κ3) is 3.86. The number of hydrogen-bond donors (Lipinski definition) is 0. The number of esters is 1. The summed E-state index contributed by atoms with van der Waals surface area (Å²) in [4.78, 5) is 13.8. The fourth-order valence-corrected chi connectivity index (χ4v) is 1.97. The van der Waals surface area contributed by atoms with Crippen molar-refractivity contribution in [2.75, 3.05) is 13.7 Å². The molecule has 3 nitrogen and oxygen atoms in total. The topological polar surface area (TPSA) is 29.5 Å². The number of carbonyl (C=O) groups is 1. The van der Waals surface area contributed by atoms with Gasteiger partial charge < -0.3 is 4.74 Å². The first-order valence-electron chi connectivity index (χ1n) is 6.08. The van der Waals surface area contributed by atoms with Crippen molar-refractivity contribution >= 4 is 5.97 Å². The van der Waals surface area contributed by atoms with Crippen LogP contribution in [0.4, 0.5) is 0 Å². The molecule has 17 heavy (non-hydrogen) atoms. The van der Waals surface area contributed by atoms with Crippen LogP contribution in [0, 0.1) is 0 Å². The van der Waals surface area contributed by atoms with Crippen LogP contribution in [-0.4, -0.2) is 30.6 Å². The van der Waals surface area contributed by atoms with Gasteiger partial charge in [-0.2, -0.15) is 0 Å². The Morgan fingerprint density at radius 1 is 1.29 bits per heavy atom. The van der Waals surface area contributed by atoms with E-state index in [9.17, 15) is 4.79 Å². The normalized spacial score (nSPS) is 12.5. The molecule has 0 aromatic heterocycles. The van der Waals surface area contributed by atoms with Gasteiger partial charge in [0.1, 0.15) is 6.04 Å². The molecule has 0 radical (unpaired) electrons. The van der Waals surface area contributed by atoms with Crippen LogP contribution in [-0.2, 0) is 16.1 Å². The van der Waals surface area contributed by atoms with E-state index < -0.39 is 0 Å². The highest BCUT2D eigenvalue weighted by Crippen LogP contribution is 2.11. The number of likely N-dealkylation sites (N-methyl/N-ethyl adjacent to an activating group) is 1. The van der Waals surface area contributed by atoms with E-state index in [0.29, 0.717) is 0 Å². The summed E-state index contributed by atoms with van der Waals surface area (Å²) in [5.41, 5.74) is 1.22. The van der Waals surface area contributed by atoms with Crippen molar-refractivity contribution in [3.63, 3.8) is 0 Å². The molecule has 0 aliphatic rings. The lowest BCUT2D eigenvalue weighted by atomic mass is 10.1. The standard InChI is InChI=1S/C14H21NO2/c1-4-13(14(16)17-3)15(5-2)11-12-9-7-6-8-10-12/h6-10,13H,4-5,11H2,1-3H3/t13-/m1/s1. The van der Waals surface area contributed by atoms with Gasteiger partial charge >= 0.3 is 5.97 Å². The number of benzene rings is 1. The molecule has 0 bridgehead atoms. The molecule has 0 saturated heterocycles. The monoisotopic (exact) mass is 235 g/mol.